The van der Waals surface area contributed by atoms with Crippen LogP contribution in [0, 0.1) is 0 Å². The molecule has 0 amide bonds. The van der Waals surface area contributed by atoms with Gasteiger partial charge in [-0.15, -0.1) is 0 Å². The molecule has 0 aromatic heterocycles. The molecule has 14 heteroatoms. The van der Waals surface area contributed by atoms with Gasteiger partial charge in [0, 0.05) is 20.8 Å². The summed E-state index contributed by atoms with van der Waals surface area (Å²) in [5.41, 5.74) is 0. The summed E-state index contributed by atoms with van der Waals surface area (Å²) < 4.78 is 68.2. The molecular formula is H9CuN2O9S2. The monoisotopic (exact) mass is 308 g/mol. The van der Waals surface area contributed by atoms with E-state index in [0.717, 1.165) is 0 Å². The van der Waals surface area contributed by atoms with Crippen molar-refractivity contribution in [3.05, 3.63) is 0 Å². The Bertz CT molecular complexity index is 217. The maximum absolute atomic E-state index is 8.52. The molecule has 0 rings (SSSR count). The molecule has 0 heterocycles. The molecule has 0 aliphatic heterocycles. The predicted octanol–water partition coefficient (Wildman–Crippen LogP) is -2.10. The first-order valence-electron chi connectivity index (χ1n) is 1.33. The molecule has 0 bridgehead atoms. The molecule has 0 aromatic carbocycles. The fraction of sp³-hybridized carbons (Fsp3) is 0. The van der Waals surface area contributed by atoms with E-state index in [2.05, 4.69) is 0 Å². The van der Waals surface area contributed by atoms with Gasteiger partial charge < -0.3 is 36.0 Å². The van der Waals surface area contributed by atoms with Crippen LogP contribution >= 0.6 is 0 Å². The molecule has 0 spiro atoms. The maximum Gasteiger partial charge on any atom is 3.00 e. The molecular weight excluding hydrogens is 300 g/mol. The smallest absolute Gasteiger partial charge is 0.870 e. The third kappa shape index (κ3) is 77400. The fourth-order valence-corrected chi connectivity index (χ4v) is 0. The van der Waals surface area contributed by atoms with Crippen LogP contribution in [0.1, 0.15) is 0 Å². The van der Waals surface area contributed by atoms with Crippen molar-refractivity contribution in [1.82, 2.24) is 12.3 Å². The van der Waals surface area contributed by atoms with E-state index in [9.17, 15) is 0 Å². The molecule has 0 saturated carbocycles. The molecule has 9 N–H and O–H groups in total. The average Bonchev–Trinajstić information content (AvgIpc) is 1.12. The Labute approximate surface area is 91.0 Å². The van der Waals surface area contributed by atoms with Crippen LogP contribution in [-0.2, 0) is 37.9 Å². The quantitative estimate of drug-likeness (QED) is 0.281. The van der Waals surface area contributed by atoms with Crippen molar-refractivity contribution in [2.45, 2.75) is 0 Å². The first-order chi connectivity index (χ1) is 4.00. The van der Waals surface area contributed by atoms with Crippen LogP contribution in [-0.4, -0.2) is 40.5 Å². The molecule has 0 fully saturated rings. The van der Waals surface area contributed by atoms with Gasteiger partial charge in [-0.2, -0.15) is 0 Å². The second-order valence-electron chi connectivity index (χ2n) is 0.816. The van der Waals surface area contributed by atoms with Gasteiger partial charge in [0.2, 0.25) is 0 Å². The first kappa shape index (κ1) is 36.8. The summed E-state index contributed by atoms with van der Waals surface area (Å²) in [7, 11) is -10.3. The summed E-state index contributed by atoms with van der Waals surface area (Å²) in [6.07, 6.45) is 0. The Morgan fingerprint density at radius 2 is 0.643 bits per heavy atom. The zero-order valence-electron chi connectivity index (χ0n) is 6.83. The van der Waals surface area contributed by atoms with Crippen LogP contribution < -0.4 is 12.3 Å². The maximum atomic E-state index is 8.52. The van der Waals surface area contributed by atoms with Crippen LogP contribution in [0.4, 0.5) is 0 Å². The molecule has 14 heavy (non-hydrogen) atoms. The van der Waals surface area contributed by atoms with E-state index in [0.29, 0.717) is 0 Å². The average molecular weight is 309 g/mol. The van der Waals surface area contributed by atoms with Crippen molar-refractivity contribution in [1.29, 1.82) is 0 Å². The Balaban J connectivity index is -0.0000000178. The van der Waals surface area contributed by atoms with Crippen molar-refractivity contribution in [3.63, 3.8) is 0 Å². The van der Waals surface area contributed by atoms with Crippen molar-refractivity contribution in [2.75, 3.05) is 0 Å². The molecule has 11 nitrogen and oxygen atoms in total. The minimum absolute atomic E-state index is 0. The van der Waals surface area contributed by atoms with Crippen molar-refractivity contribution in [2.24, 2.45) is 0 Å². The second kappa shape index (κ2) is 13.1. The van der Waals surface area contributed by atoms with Gasteiger partial charge >= 0.3 is 17.1 Å². The van der Waals surface area contributed by atoms with E-state index in [1.165, 1.54) is 0 Å². The second-order valence-corrected chi connectivity index (χ2v) is 2.45. The van der Waals surface area contributed by atoms with Gasteiger partial charge in [-0.25, -0.2) is 0 Å². The van der Waals surface area contributed by atoms with Crippen LogP contribution in [0.5, 0.6) is 0 Å². The number of hydrogen-bond donors (Lipinski definition) is 2. The van der Waals surface area contributed by atoms with E-state index in [4.69, 9.17) is 35.0 Å². The van der Waals surface area contributed by atoms with E-state index < -0.39 is 20.8 Å². The minimum atomic E-state index is -5.17. The molecule has 0 radical (unpaired) electrons. The molecule has 0 aliphatic carbocycles. The van der Waals surface area contributed by atoms with Crippen molar-refractivity contribution < 1.29 is 57.6 Å². The summed E-state index contributed by atoms with van der Waals surface area (Å²) in [4.78, 5) is 0. The molecule has 0 aliphatic rings. The minimum Gasteiger partial charge on any atom is -0.870 e. The molecule has 96 valence electrons. The van der Waals surface area contributed by atoms with Gasteiger partial charge in [0.05, 0.1) is 0 Å². The van der Waals surface area contributed by atoms with E-state index in [1.807, 2.05) is 0 Å². The van der Waals surface area contributed by atoms with Crippen molar-refractivity contribution in [3.8, 4) is 0 Å². The Morgan fingerprint density at radius 3 is 0.643 bits per heavy atom. The normalized spacial score (nSPS) is 8.29. The largest absolute Gasteiger partial charge is 3.00 e. The molecule has 0 aromatic rings. The summed E-state index contributed by atoms with van der Waals surface area (Å²) in [5, 5.41) is 0. The molecule has 0 atom stereocenters. The predicted molar refractivity (Wildman–Crippen MR) is 34.9 cm³/mol. The number of hydrogen-bond acceptors (Lipinski definition) is 9. The van der Waals surface area contributed by atoms with Gasteiger partial charge in [-0.3, -0.25) is 16.8 Å². The summed E-state index contributed by atoms with van der Waals surface area (Å²) in [6.45, 7) is 0. The Kier molecular flexibility index (Phi) is 34.6. The third-order valence-electron chi connectivity index (χ3n) is 0. The standard InChI is InChI=1S/Cu.2H3N.2H2O4S.H2O/c;;;2*1-5(2,3)4;/h;2*1H3;2*(H2,1,2,3,4);1H2/q+3;;;;;/p-3. The molecule has 0 saturated heterocycles. The SMILES string of the molecule is O=S(=O)([O-])[O-].O=S(=O)([O-])[O-].[Cu+3].[NH4+].[NH4+].[OH-]. The van der Waals surface area contributed by atoms with Crippen LogP contribution in [0.25, 0.3) is 0 Å². The first-order valence-corrected chi connectivity index (χ1v) is 4.00. The number of quaternary nitrogens is 2. The molecule has 0 unspecified atom stereocenters. The summed E-state index contributed by atoms with van der Waals surface area (Å²) in [5.74, 6) is 0. The topological polar surface area (TPSA) is 264 Å². The Hall–Kier alpha value is 0.139. The zero-order valence-corrected chi connectivity index (χ0v) is 9.41. The van der Waals surface area contributed by atoms with Crippen LogP contribution in [0.2, 0.25) is 0 Å². The van der Waals surface area contributed by atoms with Crippen molar-refractivity contribution >= 4 is 20.8 Å². The van der Waals surface area contributed by atoms with Gasteiger partial charge in [-0.05, 0) is 0 Å². The van der Waals surface area contributed by atoms with E-state index >= 15 is 0 Å². The zero-order chi connectivity index (χ0) is 9.00. The van der Waals surface area contributed by atoms with Gasteiger partial charge in [0.25, 0.3) is 0 Å². The van der Waals surface area contributed by atoms with Crippen LogP contribution in [0.15, 0.2) is 0 Å². The summed E-state index contributed by atoms with van der Waals surface area (Å²) in [6, 6.07) is 0. The van der Waals surface area contributed by atoms with E-state index in [1.54, 1.807) is 0 Å². The van der Waals surface area contributed by atoms with Gasteiger partial charge in [0.15, 0.2) is 0 Å². The third-order valence-corrected chi connectivity index (χ3v) is 0. The number of rotatable bonds is 0. The van der Waals surface area contributed by atoms with Crippen LogP contribution in [0.3, 0.4) is 0 Å². The fourth-order valence-electron chi connectivity index (χ4n) is 0. The van der Waals surface area contributed by atoms with Gasteiger partial charge in [-0.1, -0.05) is 0 Å². The van der Waals surface area contributed by atoms with E-state index in [-0.39, 0.29) is 34.8 Å². The van der Waals surface area contributed by atoms with Gasteiger partial charge in [0.1, 0.15) is 0 Å². The summed E-state index contributed by atoms with van der Waals surface area (Å²) >= 11 is 0. The Morgan fingerprint density at radius 1 is 0.643 bits per heavy atom.